The summed E-state index contributed by atoms with van der Waals surface area (Å²) in [7, 11) is 1.30. The van der Waals surface area contributed by atoms with Gasteiger partial charge in [0.1, 0.15) is 5.82 Å². The van der Waals surface area contributed by atoms with Crippen LogP contribution < -0.4 is 5.32 Å². The van der Waals surface area contributed by atoms with Crippen LogP contribution in [0.25, 0.3) is 0 Å². The Bertz CT molecular complexity index is 789. The molecule has 0 spiro atoms. The van der Waals surface area contributed by atoms with Crippen LogP contribution in [0.2, 0.25) is 0 Å². The van der Waals surface area contributed by atoms with E-state index in [1.54, 1.807) is 12.1 Å². The summed E-state index contributed by atoms with van der Waals surface area (Å²) in [6.45, 7) is 0.0707. The van der Waals surface area contributed by atoms with Crippen molar-refractivity contribution >= 4 is 11.8 Å². The van der Waals surface area contributed by atoms with Crippen molar-refractivity contribution in [1.29, 1.82) is 0 Å². The summed E-state index contributed by atoms with van der Waals surface area (Å²) in [5.41, 5.74) is 0.753. The minimum Gasteiger partial charge on any atom is -0.465 e. The number of nitrogens with one attached hydrogen (secondary N) is 1. The smallest absolute Gasteiger partial charge is 0.419 e. The van der Waals surface area contributed by atoms with E-state index in [4.69, 9.17) is 4.74 Å². The largest absolute Gasteiger partial charge is 0.465 e. The van der Waals surface area contributed by atoms with Gasteiger partial charge in [0, 0.05) is 12.1 Å². The van der Waals surface area contributed by atoms with Crippen molar-refractivity contribution in [2.24, 2.45) is 0 Å². The highest BCUT2D eigenvalue weighted by atomic mass is 19.4. The summed E-state index contributed by atoms with van der Waals surface area (Å²) in [5, 5.41) is 2.68. The molecule has 0 aliphatic heterocycles. The molecule has 2 heterocycles. The quantitative estimate of drug-likeness (QED) is 0.831. The normalized spacial score (nSPS) is 14.2. The number of esters is 1. The van der Waals surface area contributed by atoms with E-state index >= 15 is 0 Å². The Morgan fingerprint density at radius 3 is 2.72 bits per heavy atom. The van der Waals surface area contributed by atoms with Gasteiger partial charge >= 0.3 is 12.1 Å². The van der Waals surface area contributed by atoms with Gasteiger partial charge in [0.15, 0.2) is 0 Å². The predicted molar refractivity (Wildman–Crippen MR) is 84.1 cm³/mol. The third-order valence-corrected chi connectivity index (χ3v) is 3.90. The number of pyridine rings is 2. The maximum atomic E-state index is 13.0. The molecule has 3 rings (SSSR count). The summed E-state index contributed by atoms with van der Waals surface area (Å²) in [5.74, 6) is -0.505. The highest BCUT2D eigenvalue weighted by Gasteiger charge is 2.34. The summed E-state index contributed by atoms with van der Waals surface area (Å²) in [6, 6.07) is 5.41. The summed E-state index contributed by atoms with van der Waals surface area (Å²) >= 11 is 0. The minimum atomic E-state index is -4.49. The standard InChI is InChI=1S/C17H16F3N3O2/c1-25-16(24)12-7-6-11(23-14(12)10-4-5-10)9-22-15-13(17(18,19)20)3-2-8-21-15/h2-3,6-8,10H,4-5,9H2,1H3,(H,21,22). The highest BCUT2D eigenvalue weighted by molar-refractivity contribution is 5.90. The van der Waals surface area contributed by atoms with Crippen LogP contribution in [0.1, 0.15) is 46.1 Å². The second-order valence-electron chi connectivity index (χ2n) is 5.75. The molecule has 2 aromatic rings. The molecule has 0 bridgehead atoms. The number of nitrogens with zero attached hydrogens (tertiary/aromatic N) is 2. The van der Waals surface area contributed by atoms with E-state index in [0.717, 1.165) is 18.9 Å². The molecule has 1 fully saturated rings. The first-order valence-corrected chi connectivity index (χ1v) is 7.74. The Morgan fingerprint density at radius 2 is 2.08 bits per heavy atom. The molecule has 132 valence electrons. The Hall–Kier alpha value is -2.64. The van der Waals surface area contributed by atoms with E-state index in [1.165, 1.54) is 19.4 Å². The number of ether oxygens (including phenoxy) is 1. The Balaban J connectivity index is 1.81. The fraction of sp³-hybridized carbons (Fsp3) is 0.353. The van der Waals surface area contributed by atoms with Crippen LogP contribution in [0.5, 0.6) is 0 Å². The number of anilines is 1. The van der Waals surface area contributed by atoms with Gasteiger partial charge in [-0.05, 0) is 37.1 Å². The number of carbonyl (C=O) groups is 1. The van der Waals surface area contributed by atoms with E-state index in [0.29, 0.717) is 17.0 Å². The van der Waals surface area contributed by atoms with Crippen LogP contribution in [0, 0.1) is 0 Å². The van der Waals surface area contributed by atoms with Crippen molar-refractivity contribution in [3.8, 4) is 0 Å². The van der Waals surface area contributed by atoms with Crippen molar-refractivity contribution in [2.45, 2.75) is 31.5 Å². The first-order valence-electron chi connectivity index (χ1n) is 7.74. The number of alkyl halides is 3. The van der Waals surface area contributed by atoms with Crippen molar-refractivity contribution < 1.29 is 22.7 Å². The number of aromatic nitrogens is 2. The van der Waals surface area contributed by atoms with Crippen molar-refractivity contribution in [2.75, 3.05) is 12.4 Å². The van der Waals surface area contributed by atoms with Gasteiger partial charge in [-0.15, -0.1) is 0 Å². The molecule has 0 amide bonds. The third kappa shape index (κ3) is 3.89. The lowest BCUT2D eigenvalue weighted by Crippen LogP contribution is -2.14. The van der Waals surface area contributed by atoms with Crippen molar-refractivity contribution in [1.82, 2.24) is 9.97 Å². The van der Waals surface area contributed by atoms with Gasteiger partial charge in [-0.1, -0.05) is 0 Å². The lowest BCUT2D eigenvalue weighted by molar-refractivity contribution is -0.137. The second-order valence-corrected chi connectivity index (χ2v) is 5.75. The Kier molecular flexibility index (Phi) is 4.61. The maximum absolute atomic E-state index is 13.0. The zero-order chi connectivity index (χ0) is 18.0. The second kappa shape index (κ2) is 6.70. The van der Waals surface area contributed by atoms with Crippen LogP contribution in [0.3, 0.4) is 0 Å². The van der Waals surface area contributed by atoms with Gasteiger partial charge in [-0.3, -0.25) is 4.98 Å². The molecule has 5 nitrogen and oxygen atoms in total. The molecule has 1 saturated carbocycles. The third-order valence-electron chi connectivity index (χ3n) is 3.90. The average molecular weight is 351 g/mol. The molecule has 1 aliphatic rings. The van der Waals surface area contributed by atoms with E-state index in [2.05, 4.69) is 15.3 Å². The van der Waals surface area contributed by atoms with Crippen LogP contribution in [0.15, 0.2) is 30.5 Å². The fourth-order valence-corrected chi connectivity index (χ4v) is 2.52. The first kappa shape index (κ1) is 17.2. The number of carbonyl (C=O) groups excluding carboxylic acids is 1. The zero-order valence-electron chi connectivity index (χ0n) is 13.4. The average Bonchev–Trinajstić information content (AvgIpc) is 3.43. The van der Waals surface area contributed by atoms with Gasteiger partial charge < -0.3 is 10.1 Å². The topological polar surface area (TPSA) is 64.1 Å². The number of hydrogen-bond acceptors (Lipinski definition) is 5. The van der Waals surface area contributed by atoms with E-state index < -0.39 is 17.7 Å². The molecule has 2 aromatic heterocycles. The molecular formula is C17H16F3N3O2. The molecule has 8 heteroatoms. The Morgan fingerprint density at radius 1 is 1.32 bits per heavy atom. The molecule has 1 aliphatic carbocycles. The molecule has 1 N–H and O–H groups in total. The lowest BCUT2D eigenvalue weighted by Gasteiger charge is -2.14. The maximum Gasteiger partial charge on any atom is 0.419 e. The van der Waals surface area contributed by atoms with Gasteiger partial charge in [-0.2, -0.15) is 13.2 Å². The van der Waals surface area contributed by atoms with Crippen LogP contribution >= 0.6 is 0 Å². The number of halogens is 3. The van der Waals surface area contributed by atoms with E-state index in [-0.39, 0.29) is 18.3 Å². The molecule has 0 aromatic carbocycles. The van der Waals surface area contributed by atoms with Crippen molar-refractivity contribution in [3.05, 3.63) is 53.0 Å². The van der Waals surface area contributed by atoms with Gasteiger partial charge in [0.25, 0.3) is 0 Å². The number of rotatable bonds is 5. The molecule has 0 unspecified atom stereocenters. The highest BCUT2D eigenvalue weighted by Crippen LogP contribution is 2.41. The lowest BCUT2D eigenvalue weighted by atomic mass is 10.1. The predicted octanol–water partition coefficient (Wildman–Crippen LogP) is 3.77. The fourth-order valence-electron chi connectivity index (χ4n) is 2.52. The first-order chi connectivity index (χ1) is 11.9. The molecule has 0 atom stereocenters. The van der Waals surface area contributed by atoms with E-state index in [9.17, 15) is 18.0 Å². The van der Waals surface area contributed by atoms with Gasteiger partial charge in [0.2, 0.25) is 0 Å². The SMILES string of the molecule is COC(=O)c1ccc(CNc2ncccc2C(F)(F)F)nc1C1CC1. The van der Waals surface area contributed by atoms with Crippen molar-refractivity contribution in [3.63, 3.8) is 0 Å². The summed E-state index contributed by atoms with van der Waals surface area (Å²) < 4.78 is 43.7. The summed E-state index contributed by atoms with van der Waals surface area (Å²) in [4.78, 5) is 20.0. The summed E-state index contributed by atoms with van der Waals surface area (Å²) in [6.07, 6.45) is -1.32. The van der Waals surface area contributed by atoms with Crippen LogP contribution in [-0.4, -0.2) is 23.0 Å². The van der Waals surface area contributed by atoms with Crippen LogP contribution in [0.4, 0.5) is 19.0 Å². The van der Waals surface area contributed by atoms with Gasteiger partial charge in [-0.25, -0.2) is 9.78 Å². The van der Waals surface area contributed by atoms with Gasteiger partial charge in [0.05, 0.1) is 36.2 Å². The monoisotopic (exact) mass is 351 g/mol. The number of hydrogen-bond donors (Lipinski definition) is 1. The molecular weight excluding hydrogens is 335 g/mol. The zero-order valence-corrected chi connectivity index (χ0v) is 13.4. The minimum absolute atomic E-state index is 0.0707. The molecule has 25 heavy (non-hydrogen) atoms. The Labute approximate surface area is 142 Å². The van der Waals surface area contributed by atoms with Crippen LogP contribution in [-0.2, 0) is 17.5 Å². The molecule has 0 radical (unpaired) electrons. The van der Waals surface area contributed by atoms with E-state index in [1.807, 2.05) is 0 Å². The molecule has 0 saturated heterocycles. The number of methoxy groups -OCH3 is 1.